The molecule has 2 aromatic carbocycles. The molecule has 27 heavy (non-hydrogen) atoms. The third kappa shape index (κ3) is 4.90. The number of carbonyl (C=O) groups is 1. The molecule has 0 radical (unpaired) electrons. The minimum absolute atomic E-state index is 0.0302. The van der Waals surface area contributed by atoms with Crippen LogP contribution in [0.2, 0.25) is 0 Å². The molecule has 7 heteroatoms. The summed E-state index contributed by atoms with van der Waals surface area (Å²) < 4.78 is 5.45. The van der Waals surface area contributed by atoms with Crippen LogP contribution < -0.4 is 5.32 Å². The fourth-order valence-electron chi connectivity index (χ4n) is 3.16. The van der Waals surface area contributed by atoms with E-state index >= 15 is 0 Å². The van der Waals surface area contributed by atoms with Crippen LogP contribution in [0.1, 0.15) is 27.5 Å². The Morgan fingerprint density at radius 1 is 1.15 bits per heavy atom. The number of nitro benzene ring substituents is 1. The molecule has 1 fully saturated rings. The number of nitro groups is 1. The van der Waals surface area contributed by atoms with Crippen molar-refractivity contribution in [1.82, 2.24) is 10.2 Å². The highest BCUT2D eigenvalue weighted by Crippen LogP contribution is 2.22. The van der Waals surface area contributed by atoms with Gasteiger partial charge in [-0.2, -0.15) is 0 Å². The Morgan fingerprint density at radius 2 is 1.78 bits per heavy atom. The number of aryl methyl sites for hydroxylation is 1. The number of benzene rings is 2. The lowest BCUT2D eigenvalue weighted by Gasteiger charge is -2.35. The molecule has 1 heterocycles. The second kappa shape index (κ2) is 8.75. The lowest BCUT2D eigenvalue weighted by atomic mass is 10.0. The molecule has 1 atom stereocenters. The predicted octanol–water partition coefficient (Wildman–Crippen LogP) is 2.71. The molecule has 1 unspecified atom stereocenters. The third-order valence-corrected chi connectivity index (χ3v) is 4.74. The fourth-order valence-corrected chi connectivity index (χ4v) is 3.16. The third-order valence-electron chi connectivity index (χ3n) is 4.74. The Morgan fingerprint density at radius 3 is 2.37 bits per heavy atom. The molecule has 142 valence electrons. The zero-order valence-electron chi connectivity index (χ0n) is 15.3. The summed E-state index contributed by atoms with van der Waals surface area (Å²) in [6.45, 7) is 5.48. The normalized spacial score (nSPS) is 15.9. The zero-order chi connectivity index (χ0) is 19.2. The summed E-state index contributed by atoms with van der Waals surface area (Å²) in [4.78, 5) is 25.0. The highest BCUT2D eigenvalue weighted by Gasteiger charge is 2.23. The molecule has 7 nitrogen and oxygen atoms in total. The first-order valence-electron chi connectivity index (χ1n) is 8.95. The van der Waals surface area contributed by atoms with E-state index in [0.29, 0.717) is 25.3 Å². The van der Waals surface area contributed by atoms with Crippen molar-refractivity contribution in [1.29, 1.82) is 0 Å². The van der Waals surface area contributed by atoms with Crippen molar-refractivity contribution in [3.63, 3.8) is 0 Å². The summed E-state index contributed by atoms with van der Waals surface area (Å²) in [6.07, 6.45) is 0. The summed E-state index contributed by atoms with van der Waals surface area (Å²) in [6, 6.07) is 14.0. The van der Waals surface area contributed by atoms with Gasteiger partial charge in [0.2, 0.25) is 0 Å². The van der Waals surface area contributed by atoms with Crippen LogP contribution in [0.5, 0.6) is 0 Å². The van der Waals surface area contributed by atoms with Gasteiger partial charge in [-0.1, -0.05) is 29.8 Å². The molecule has 1 aliphatic heterocycles. The van der Waals surface area contributed by atoms with Gasteiger partial charge < -0.3 is 10.1 Å². The quantitative estimate of drug-likeness (QED) is 0.625. The van der Waals surface area contributed by atoms with Crippen molar-refractivity contribution in [2.45, 2.75) is 13.0 Å². The van der Waals surface area contributed by atoms with E-state index in [2.05, 4.69) is 34.5 Å². The van der Waals surface area contributed by atoms with Crippen LogP contribution in [0, 0.1) is 17.0 Å². The first-order valence-corrected chi connectivity index (χ1v) is 8.95. The minimum Gasteiger partial charge on any atom is -0.379 e. The van der Waals surface area contributed by atoms with Crippen molar-refractivity contribution in [3.8, 4) is 0 Å². The zero-order valence-corrected chi connectivity index (χ0v) is 15.3. The number of rotatable bonds is 6. The average molecular weight is 369 g/mol. The predicted molar refractivity (Wildman–Crippen MR) is 102 cm³/mol. The van der Waals surface area contributed by atoms with Crippen LogP contribution in [-0.2, 0) is 4.74 Å². The van der Waals surface area contributed by atoms with Gasteiger partial charge in [0.1, 0.15) is 0 Å². The Balaban J connectivity index is 1.70. The van der Waals surface area contributed by atoms with Crippen LogP contribution in [0.25, 0.3) is 0 Å². The van der Waals surface area contributed by atoms with Gasteiger partial charge in [-0.15, -0.1) is 0 Å². The molecule has 0 spiro atoms. The number of hydrogen-bond donors (Lipinski definition) is 1. The molecular formula is C20H23N3O4. The van der Waals surface area contributed by atoms with Gasteiger partial charge in [-0.3, -0.25) is 19.8 Å². The molecule has 3 rings (SSSR count). The lowest BCUT2D eigenvalue weighted by molar-refractivity contribution is -0.384. The summed E-state index contributed by atoms with van der Waals surface area (Å²) in [5.74, 6) is -0.240. The second-order valence-corrected chi connectivity index (χ2v) is 6.59. The monoisotopic (exact) mass is 369 g/mol. The van der Waals surface area contributed by atoms with Gasteiger partial charge in [-0.25, -0.2) is 0 Å². The van der Waals surface area contributed by atoms with Crippen LogP contribution in [-0.4, -0.2) is 48.6 Å². The van der Waals surface area contributed by atoms with Crippen molar-refractivity contribution in [3.05, 3.63) is 75.3 Å². The second-order valence-electron chi connectivity index (χ2n) is 6.59. The Kier molecular flexibility index (Phi) is 6.16. The molecular weight excluding hydrogens is 346 g/mol. The molecule has 2 aromatic rings. The summed E-state index contributed by atoms with van der Waals surface area (Å²) in [5.41, 5.74) is 2.71. The van der Waals surface area contributed by atoms with Crippen molar-refractivity contribution in [2.24, 2.45) is 0 Å². The maximum atomic E-state index is 12.5. The number of non-ortho nitro benzene ring substituents is 1. The topological polar surface area (TPSA) is 84.7 Å². The fraction of sp³-hybridized carbons (Fsp3) is 0.350. The van der Waals surface area contributed by atoms with E-state index < -0.39 is 4.92 Å². The number of ether oxygens (including phenoxy) is 1. The number of nitrogens with zero attached hydrogens (tertiary/aromatic N) is 2. The largest absolute Gasteiger partial charge is 0.379 e. The Labute approximate surface area is 158 Å². The smallest absolute Gasteiger partial charge is 0.269 e. The lowest BCUT2D eigenvalue weighted by Crippen LogP contribution is -2.43. The van der Waals surface area contributed by atoms with Gasteiger partial charge in [0.05, 0.1) is 24.2 Å². The van der Waals surface area contributed by atoms with E-state index in [-0.39, 0.29) is 17.6 Å². The highest BCUT2D eigenvalue weighted by molar-refractivity contribution is 5.94. The van der Waals surface area contributed by atoms with Crippen molar-refractivity contribution < 1.29 is 14.5 Å². The SMILES string of the molecule is Cc1ccc(C(CNC(=O)c2ccc([N+](=O)[O-])cc2)N2CCOCC2)cc1. The van der Waals surface area contributed by atoms with Gasteiger partial charge >= 0.3 is 0 Å². The van der Waals surface area contributed by atoms with Gasteiger partial charge in [0, 0.05) is 37.3 Å². The first kappa shape index (κ1) is 19.0. The Hall–Kier alpha value is -2.77. The number of nitrogens with one attached hydrogen (secondary N) is 1. The van der Waals surface area contributed by atoms with E-state index in [1.54, 1.807) is 0 Å². The summed E-state index contributed by atoms with van der Waals surface area (Å²) in [5, 5.41) is 13.7. The molecule has 1 N–H and O–H groups in total. The molecule has 0 saturated carbocycles. The van der Waals surface area contributed by atoms with Gasteiger partial charge in [0.25, 0.3) is 11.6 Å². The Bertz CT molecular complexity index is 784. The maximum Gasteiger partial charge on any atom is 0.269 e. The van der Waals surface area contributed by atoms with Crippen LogP contribution >= 0.6 is 0 Å². The van der Waals surface area contributed by atoms with Gasteiger partial charge in [0.15, 0.2) is 0 Å². The van der Waals surface area contributed by atoms with E-state index in [0.717, 1.165) is 18.7 Å². The van der Waals surface area contributed by atoms with E-state index in [1.165, 1.54) is 29.8 Å². The van der Waals surface area contributed by atoms with Gasteiger partial charge in [-0.05, 0) is 24.6 Å². The van der Waals surface area contributed by atoms with Crippen molar-refractivity contribution in [2.75, 3.05) is 32.8 Å². The molecule has 0 aromatic heterocycles. The van der Waals surface area contributed by atoms with Crippen molar-refractivity contribution >= 4 is 11.6 Å². The van der Waals surface area contributed by atoms with E-state index in [4.69, 9.17) is 4.74 Å². The van der Waals surface area contributed by atoms with E-state index in [1.807, 2.05) is 6.92 Å². The molecule has 0 aliphatic carbocycles. The summed E-state index contributed by atoms with van der Waals surface area (Å²) >= 11 is 0. The number of morpholine rings is 1. The summed E-state index contributed by atoms with van der Waals surface area (Å²) in [7, 11) is 0. The molecule has 0 bridgehead atoms. The molecule has 1 amide bonds. The number of hydrogen-bond acceptors (Lipinski definition) is 5. The molecule has 1 saturated heterocycles. The van der Waals surface area contributed by atoms with Crippen LogP contribution in [0.4, 0.5) is 5.69 Å². The molecule has 1 aliphatic rings. The first-order chi connectivity index (χ1) is 13.0. The van der Waals surface area contributed by atoms with E-state index in [9.17, 15) is 14.9 Å². The standard InChI is InChI=1S/C20H23N3O4/c1-15-2-4-16(5-3-15)19(22-10-12-27-13-11-22)14-21-20(24)17-6-8-18(9-7-17)23(25)26/h2-9,19H,10-14H2,1H3,(H,21,24). The maximum absolute atomic E-state index is 12.5. The average Bonchev–Trinajstić information content (AvgIpc) is 2.70. The van der Waals surface area contributed by atoms with Crippen LogP contribution in [0.3, 0.4) is 0 Å². The number of carbonyl (C=O) groups excluding carboxylic acids is 1. The number of amides is 1. The van der Waals surface area contributed by atoms with Crippen LogP contribution in [0.15, 0.2) is 48.5 Å². The highest BCUT2D eigenvalue weighted by atomic mass is 16.6. The minimum atomic E-state index is -0.479.